The molecule has 2 aromatic carbocycles. The van der Waals surface area contributed by atoms with Crippen molar-refractivity contribution >= 4 is 5.91 Å². The Kier molecular flexibility index (Phi) is 5.58. The maximum absolute atomic E-state index is 13.3. The van der Waals surface area contributed by atoms with E-state index in [1.165, 1.54) is 6.20 Å². The molecule has 7 heteroatoms. The first kappa shape index (κ1) is 20.4. The molecular formula is C24H24N4O3. The maximum atomic E-state index is 13.3. The molecule has 0 unspecified atom stereocenters. The number of hydrogen-bond acceptors (Lipinski definition) is 5. The minimum absolute atomic E-state index is 0.158. The van der Waals surface area contributed by atoms with E-state index < -0.39 is 0 Å². The molecule has 0 radical (unpaired) electrons. The Morgan fingerprint density at radius 3 is 2.68 bits per heavy atom. The highest BCUT2D eigenvalue weighted by molar-refractivity contribution is 5.96. The van der Waals surface area contributed by atoms with Crippen LogP contribution in [0.5, 0.6) is 5.75 Å². The van der Waals surface area contributed by atoms with Crippen LogP contribution in [0.3, 0.4) is 0 Å². The number of carbonyl (C=O) groups is 1. The van der Waals surface area contributed by atoms with Gasteiger partial charge < -0.3 is 14.8 Å². The van der Waals surface area contributed by atoms with E-state index in [-0.39, 0.29) is 11.9 Å². The lowest BCUT2D eigenvalue weighted by molar-refractivity contribution is 0.0739. The minimum Gasteiger partial charge on any atom is -0.493 e. The van der Waals surface area contributed by atoms with Gasteiger partial charge in [0.15, 0.2) is 0 Å². The van der Waals surface area contributed by atoms with Crippen molar-refractivity contribution in [1.82, 2.24) is 19.8 Å². The minimum atomic E-state index is -0.337. The van der Waals surface area contributed by atoms with Gasteiger partial charge in [-0.25, -0.2) is 4.73 Å². The van der Waals surface area contributed by atoms with Gasteiger partial charge in [-0.05, 0) is 37.6 Å². The molecule has 0 aromatic heterocycles. The van der Waals surface area contributed by atoms with Gasteiger partial charge in [-0.3, -0.25) is 4.79 Å². The summed E-state index contributed by atoms with van der Waals surface area (Å²) in [5.74, 6) is 0.506. The normalized spacial score (nSPS) is 12.0. The molecule has 0 spiro atoms. The summed E-state index contributed by atoms with van der Waals surface area (Å²) in [4.78, 5) is 14.9. The average Bonchev–Trinajstić information content (AvgIpc) is 3.26. The maximum Gasteiger partial charge on any atom is 0.254 e. The third-order valence-corrected chi connectivity index (χ3v) is 5.41. The van der Waals surface area contributed by atoms with Crippen LogP contribution in [0.1, 0.15) is 35.8 Å². The Bertz CT molecular complexity index is 1170. The first-order chi connectivity index (χ1) is 15.0. The van der Waals surface area contributed by atoms with Gasteiger partial charge in [-0.15, -0.1) is 5.10 Å². The number of ether oxygens (including phenoxy) is 1. The average molecular weight is 416 g/mol. The van der Waals surface area contributed by atoms with Gasteiger partial charge in [0.25, 0.3) is 5.91 Å². The molecule has 31 heavy (non-hydrogen) atoms. The van der Waals surface area contributed by atoms with Crippen molar-refractivity contribution < 1.29 is 14.7 Å². The highest BCUT2D eigenvalue weighted by Gasteiger charge is 2.25. The summed E-state index contributed by atoms with van der Waals surface area (Å²) in [5.41, 5.74) is 4.56. The number of benzene rings is 2. The van der Waals surface area contributed by atoms with Gasteiger partial charge in [0.1, 0.15) is 11.4 Å². The van der Waals surface area contributed by atoms with Crippen molar-refractivity contribution in [1.29, 1.82) is 0 Å². The van der Waals surface area contributed by atoms with E-state index in [4.69, 9.17) is 4.74 Å². The summed E-state index contributed by atoms with van der Waals surface area (Å²) in [6.45, 7) is 4.31. The van der Waals surface area contributed by atoms with Crippen molar-refractivity contribution in [2.45, 2.75) is 19.9 Å². The molecule has 2 heterocycles. The molecule has 0 saturated heterocycles. The molecule has 158 valence electrons. The quantitative estimate of drug-likeness (QED) is 0.468. The molecule has 2 aromatic rings. The van der Waals surface area contributed by atoms with Crippen LogP contribution >= 0.6 is 0 Å². The first-order valence-corrected chi connectivity index (χ1v) is 10.1. The molecule has 1 atom stereocenters. The fourth-order valence-corrected chi connectivity index (χ4v) is 3.65. The molecular weight excluding hydrogens is 392 g/mol. The Morgan fingerprint density at radius 2 is 1.94 bits per heavy atom. The van der Waals surface area contributed by atoms with E-state index in [1.807, 2.05) is 56.3 Å². The summed E-state index contributed by atoms with van der Waals surface area (Å²) in [6.07, 6.45) is 4.66. The molecule has 2 aliphatic heterocycles. The Balaban J connectivity index is 1.65. The van der Waals surface area contributed by atoms with Gasteiger partial charge in [-0.2, -0.15) is 5.10 Å². The van der Waals surface area contributed by atoms with Crippen LogP contribution in [0.25, 0.3) is 22.4 Å². The number of rotatable bonds is 6. The van der Waals surface area contributed by atoms with Gasteiger partial charge in [0.05, 0.1) is 31.2 Å². The summed E-state index contributed by atoms with van der Waals surface area (Å²) in [6, 6.07) is 15.1. The van der Waals surface area contributed by atoms with Crippen molar-refractivity contribution in [2.75, 3.05) is 13.7 Å². The van der Waals surface area contributed by atoms with Gasteiger partial charge in [-0.1, -0.05) is 30.3 Å². The zero-order valence-electron chi connectivity index (χ0n) is 17.7. The van der Waals surface area contributed by atoms with E-state index in [0.29, 0.717) is 34.7 Å². The number of fused-ring (bicyclic) bond motifs is 1. The summed E-state index contributed by atoms with van der Waals surface area (Å²) >= 11 is 0. The zero-order valence-corrected chi connectivity index (χ0v) is 17.7. The molecule has 4 rings (SSSR count). The monoisotopic (exact) mass is 416 g/mol. The van der Waals surface area contributed by atoms with Crippen LogP contribution in [-0.4, -0.2) is 44.6 Å². The number of pyridine rings is 1. The lowest BCUT2D eigenvalue weighted by Gasteiger charge is -2.27. The molecule has 0 fully saturated rings. The predicted molar refractivity (Wildman–Crippen MR) is 117 cm³/mol. The summed E-state index contributed by atoms with van der Waals surface area (Å²) < 4.78 is 6.81. The second kappa shape index (κ2) is 8.47. The second-order valence-corrected chi connectivity index (χ2v) is 7.34. The molecule has 7 nitrogen and oxygen atoms in total. The lowest BCUT2D eigenvalue weighted by Crippen LogP contribution is -2.30. The third kappa shape index (κ3) is 3.94. The Hall–Kier alpha value is -3.87. The van der Waals surface area contributed by atoms with Crippen molar-refractivity contribution in [2.24, 2.45) is 0 Å². The van der Waals surface area contributed by atoms with Crippen molar-refractivity contribution in [3.8, 4) is 28.1 Å². The van der Waals surface area contributed by atoms with Crippen molar-refractivity contribution in [3.05, 3.63) is 78.2 Å². The molecule has 0 aliphatic carbocycles. The SMILES string of the molecule is CCOc1cc(C(=O)N(C)[C@H](C)c2cn(O)cc3cnnc2-3)ccc1-c1ccccc1. The van der Waals surface area contributed by atoms with E-state index in [1.54, 1.807) is 30.4 Å². The van der Waals surface area contributed by atoms with Crippen LogP contribution in [0.2, 0.25) is 0 Å². The number of amides is 1. The fraction of sp³-hybridized carbons (Fsp3) is 0.208. The highest BCUT2D eigenvalue weighted by Crippen LogP contribution is 2.33. The summed E-state index contributed by atoms with van der Waals surface area (Å²) in [5, 5.41) is 18.1. The Morgan fingerprint density at radius 1 is 1.16 bits per heavy atom. The summed E-state index contributed by atoms with van der Waals surface area (Å²) in [7, 11) is 1.73. The lowest BCUT2D eigenvalue weighted by atomic mass is 10.0. The standard InChI is InChI=1S/C24H24N4O3/c1-4-31-22-12-18(10-11-20(22)17-8-6-5-7-9-17)24(29)27(3)16(2)21-15-28(30)14-19-13-25-26-23(19)21/h5-16,30H,4H2,1-3H3/t16-/m1/s1. The zero-order chi connectivity index (χ0) is 22.0. The first-order valence-electron chi connectivity index (χ1n) is 10.1. The molecule has 1 amide bonds. The predicted octanol–water partition coefficient (Wildman–Crippen LogP) is 4.52. The molecule has 1 N–H and O–H groups in total. The van der Waals surface area contributed by atoms with Gasteiger partial charge in [0, 0.05) is 29.3 Å². The fourth-order valence-electron chi connectivity index (χ4n) is 3.65. The topological polar surface area (TPSA) is 80.5 Å². The van der Waals surface area contributed by atoms with E-state index in [9.17, 15) is 10.0 Å². The third-order valence-electron chi connectivity index (χ3n) is 5.41. The van der Waals surface area contributed by atoms with Crippen molar-refractivity contribution in [3.63, 3.8) is 0 Å². The second-order valence-electron chi connectivity index (χ2n) is 7.34. The van der Waals surface area contributed by atoms with E-state index in [0.717, 1.165) is 15.9 Å². The van der Waals surface area contributed by atoms with Crippen LogP contribution < -0.4 is 4.74 Å². The smallest absolute Gasteiger partial charge is 0.254 e. The highest BCUT2D eigenvalue weighted by atomic mass is 16.5. The number of nitrogens with zero attached hydrogens (tertiary/aromatic N) is 4. The van der Waals surface area contributed by atoms with E-state index in [2.05, 4.69) is 10.2 Å². The van der Waals surface area contributed by atoms with Crippen LogP contribution in [0, 0.1) is 0 Å². The largest absolute Gasteiger partial charge is 0.493 e. The number of carbonyl (C=O) groups excluding carboxylic acids is 1. The molecule has 2 aliphatic rings. The number of hydrogen-bond donors (Lipinski definition) is 1. The van der Waals surface area contributed by atoms with E-state index >= 15 is 0 Å². The van der Waals surface area contributed by atoms with Crippen LogP contribution in [0.15, 0.2) is 67.1 Å². The van der Waals surface area contributed by atoms with Crippen LogP contribution in [0.4, 0.5) is 0 Å². The number of aromatic nitrogens is 3. The molecule has 0 bridgehead atoms. The van der Waals surface area contributed by atoms with Gasteiger partial charge >= 0.3 is 0 Å². The van der Waals surface area contributed by atoms with Gasteiger partial charge in [0.2, 0.25) is 0 Å². The molecule has 0 saturated carbocycles. The van der Waals surface area contributed by atoms with Crippen LogP contribution in [-0.2, 0) is 0 Å². The Labute approximate surface area is 180 Å².